The maximum atomic E-state index is 11.3. The van der Waals surface area contributed by atoms with Crippen LogP contribution in [0.2, 0.25) is 0 Å². The third kappa shape index (κ3) is 3.46. The predicted octanol–water partition coefficient (Wildman–Crippen LogP) is 3.33. The summed E-state index contributed by atoms with van der Waals surface area (Å²) in [6, 6.07) is 10.1. The van der Waals surface area contributed by atoms with E-state index in [0.717, 1.165) is 31.4 Å². The summed E-state index contributed by atoms with van der Waals surface area (Å²) in [5.74, 6) is 0. The van der Waals surface area contributed by atoms with Crippen molar-refractivity contribution >= 4 is 0 Å². The SMILES string of the molecule is CN(C)CCC(O)(C1=CCCCC1)c1ccccc1. The lowest BCUT2D eigenvalue weighted by Gasteiger charge is -2.34. The first kappa shape index (κ1) is 14.3. The molecule has 2 heteroatoms. The molecular formula is C17H25NO. The second kappa shape index (κ2) is 6.36. The molecule has 0 bridgehead atoms. The van der Waals surface area contributed by atoms with E-state index in [1.807, 2.05) is 30.3 Å². The van der Waals surface area contributed by atoms with Crippen LogP contribution in [0.4, 0.5) is 0 Å². The maximum absolute atomic E-state index is 11.3. The van der Waals surface area contributed by atoms with E-state index in [4.69, 9.17) is 0 Å². The van der Waals surface area contributed by atoms with Gasteiger partial charge in [-0.05, 0) is 57.3 Å². The lowest BCUT2D eigenvalue weighted by Crippen LogP contribution is -2.33. The number of aliphatic hydroxyl groups is 1. The van der Waals surface area contributed by atoms with Crippen LogP contribution in [-0.2, 0) is 5.60 Å². The zero-order chi connectivity index (χ0) is 13.7. The van der Waals surface area contributed by atoms with Gasteiger partial charge in [0.15, 0.2) is 0 Å². The Kier molecular flexibility index (Phi) is 4.78. The minimum absolute atomic E-state index is 0.760. The highest BCUT2D eigenvalue weighted by Crippen LogP contribution is 2.38. The first-order chi connectivity index (χ1) is 9.13. The average Bonchev–Trinajstić information content (AvgIpc) is 2.46. The van der Waals surface area contributed by atoms with Crippen LogP contribution >= 0.6 is 0 Å². The Morgan fingerprint density at radius 3 is 2.47 bits per heavy atom. The fraction of sp³-hybridized carbons (Fsp3) is 0.529. The normalized spacial score (nSPS) is 19.1. The number of allylic oxidation sites excluding steroid dienone is 1. The molecule has 1 aliphatic rings. The van der Waals surface area contributed by atoms with Crippen LogP contribution in [0.25, 0.3) is 0 Å². The van der Waals surface area contributed by atoms with Gasteiger partial charge in [0.1, 0.15) is 5.60 Å². The van der Waals surface area contributed by atoms with E-state index >= 15 is 0 Å². The summed E-state index contributed by atoms with van der Waals surface area (Å²) in [4.78, 5) is 2.14. The lowest BCUT2D eigenvalue weighted by atomic mass is 9.78. The standard InChI is InChI=1S/C17H25NO/c1-18(2)14-13-17(19,15-9-5-3-6-10-15)16-11-7-4-8-12-16/h3,5-6,9-11,19H,4,7-8,12-14H2,1-2H3. The van der Waals surface area contributed by atoms with Gasteiger partial charge in [-0.1, -0.05) is 36.4 Å². The average molecular weight is 259 g/mol. The molecule has 1 N–H and O–H groups in total. The first-order valence-electron chi connectivity index (χ1n) is 7.25. The van der Waals surface area contributed by atoms with Crippen molar-refractivity contribution in [2.75, 3.05) is 20.6 Å². The molecule has 1 unspecified atom stereocenters. The number of hydrogen-bond donors (Lipinski definition) is 1. The molecule has 1 aliphatic carbocycles. The third-order valence-electron chi connectivity index (χ3n) is 3.99. The second-order valence-corrected chi connectivity index (χ2v) is 5.75. The Labute approximate surface area is 116 Å². The van der Waals surface area contributed by atoms with E-state index in [1.54, 1.807) is 0 Å². The maximum Gasteiger partial charge on any atom is 0.112 e. The monoisotopic (exact) mass is 259 g/mol. The highest BCUT2D eigenvalue weighted by molar-refractivity contribution is 5.33. The van der Waals surface area contributed by atoms with E-state index in [0.29, 0.717) is 0 Å². The van der Waals surface area contributed by atoms with Crippen molar-refractivity contribution in [3.8, 4) is 0 Å². The highest BCUT2D eigenvalue weighted by atomic mass is 16.3. The van der Waals surface area contributed by atoms with Crippen LogP contribution in [0.5, 0.6) is 0 Å². The zero-order valence-electron chi connectivity index (χ0n) is 12.1. The van der Waals surface area contributed by atoms with E-state index in [-0.39, 0.29) is 0 Å². The van der Waals surface area contributed by atoms with Crippen molar-refractivity contribution in [2.45, 2.75) is 37.7 Å². The van der Waals surface area contributed by atoms with Gasteiger partial charge in [0.05, 0.1) is 0 Å². The van der Waals surface area contributed by atoms with Gasteiger partial charge in [0.2, 0.25) is 0 Å². The molecule has 19 heavy (non-hydrogen) atoms. The van der Waals surface area contributed by atoms with E-state index in [1.165, 1.54) is 18.4 Å². The smallest absolute Gasteiger partial charge is 0.112 e. The lowest BCUT2D eigenvalue weighted by molar-refractivity contribution is 0.0534. The Bertz CT molecular complexity index is 424. The van der Waals surface area contributed by atoms with Gasteiger partial charge in [-0.2, -0.15) is 0 Å². The molecule has 1 atom stereocenters. The molecule has 1 aromatic rings. The van der Waals surface area contributed by atoms with Gasteiger partial charge in [0.25, 0.3) is 0 Å². The van der Waals surface area contributed by atoms with Crippen molar-refractivity contribution in [3.05, 3.63) is 47.5 Å². The van der Waals surface area contributed by atoms with Gasteiger partial charge in [-0.25, -0.2) is 0 Å². The molecule has 104 valence electrons. The summed E-state index contributed by atoms with van der Waals surface area (Å²) in [6.45, 7) is 0.892. The van der Waals surface area contributed by atoms with Gasteiger partial charge >= 0.3 is 0 Å². The van der Waals surface area contributed by atoms with Crippen molar-refractivity contribution in [2.24, 2.45) is 0 Å². The fourth-order valence-electron chi connectivity index (χ4n) is 2.80. The number of hydrogen-bond acceptors (Lipinski definition) is 2. The second-order valence-electron chi connectivity index (χ2n) is 5.75. The number of rotatable bonds is 5. The largest absolute Gasteiger partial charge is 0.381 e. The molecule has 1 aromatic carbocycles. The summed E-state index contributed by atoms with van der Waals surface area (Å²) in [5.41, 5.74) is 1.46. The Balaban J connectivity index is 2.29. The summed E-state index contributed by atoms with van der Waals surface area (Å²) in [7, 11) is 4.11. The Morgan fingerprint density at radius 1 is 1.16 bits per heavy atom. The van der Waals surface area contributed by atoms with Crippen molar-refractivity contribution in [3.63, 3.8) is 0 Å². The van der Waals surface area contributed by atoms with Crippen molar-refractivity contribution in [1.82, 2.24) is 4.90 Å². The minimum atomic E-state index is -0.786. The topological polar surface area (TPSA) is 23.5 Å². The van der Waals surface area contributed by atoms with E-state index < -0.39 is 5.60 Å². The predicted molar refractivity (Wildman–Crippen MR) is 80.1 cm³/mol. The van der Waals surface area contributed by atoms with Crippen molar-refractivity contribution < 1.29 is 5.11 Å². The molecule has 0 radical (unpaired) electrons. The molecule has 0 saturated carbocycles. The van der Waals surface area contributed by atoms with Crippen molar-refractivity contribution in [1.29, 1.82) is 0 Å². The molecule has 0 amide bonds. The zero-order valence-corrected chi connectivity index (χ0v) is 12.1. The van der Waals surface area contributed by atoms with Crippen LogP contribution in [0.1, 0.15) is 37.7 Å². The van der Waals surface area contributed by atoms with Crippen LogP contribution in [0.15, 0.2) is 42.0 Å². The van der Waals surface area contributed by atoms with Gasteiger partial charge in [-0.15, -0.1) is 0 Å². The van der Waals surface area contributed by atoms with Crippen LogP contribution < -0.4 is 0 Å². The molecular weight excluding hydrogens is 234 g/mol. The minimum Gasteiger partial charge on any atom is -0.381 e. The molecule has 0 heterocycles. The van der Waals surface area contributed by atoms with Crippen LogP contribution in [0.3, 0.4) is 0 Å². The molecule has 0 spiro atoms. The van der Waals surface area contributed by atoms with E-state index in [2.05, 4.69) is 25.1 Å². The van der Waals surface area contributed by atoms with Gasteiger partial charge < -0.3 is 10.0 Å². The number of nitrogens with zero attached hydrogens (tertiary/aromatic N) is 1. The Hall–Kier alpha value is -1.12. The molecule has 0 aliphatic heterocycles. The van der Waals surface area contributed by atoms with Crippen LogP contribution in [-0.4, -0.2) is 30.6 Å². The summed E-state index contributed by atoms with van der Waals surface area (Å²) in [5, 5.41) is 11.3. The third-order valence-corrected chi connectivity index (χ3v) is 3.99. The molecule has 0 saturated heterocycles. The summed E-state index contributed by atoms with van der Waals surface area (Å²) < 4.78 is 0. The molecule has 0 fully saturated rings. The van der Waals surface area contributed by atoms with E-state index in [9.17, 15) is 5.11 Å². The number of benzene rings is 1. The molecule has 2 rings (SSSR count). The van der Waals surface area contributed by atoms with Gasteiger partial charge in [0, 0.05) is 6.54 Å². The Morgan fingerprint density at radius 2 is 1.89 bits per heavy atom. The highest BCUT2D eigenvalue weighted by Gasteiger charge is 2.33. The molecule has 2 nitrogen and oxygen atoms in total. The quantitative estimate of drug-likeness (QED) is 0.820. The first-order valence-corrected chi connectivity index (χ1v) is 7.25. The van der Waals surface area contributed by atoms with Crippen LogP contribution in [0, 0.1) is 0 Å². The summed E-state index contributed by atoms with van der Waals surface area (Å²) >= 11 is 0. The molecule has 0 aromatic heterocycles. The van der Waals surface area contributed by atoms with Gasteiger partial charge in [-0.3, -0.25) is 0 Å². The fourth-order valence-corrected chi connectivity index (χ4v) is 2.80. The summed E-state index contributed by atoms with van der Waals surface area (Å²) in [6.07, 6.45) is 7.60.